The molecule has 1 aromatic carbocycles. The second-order valence-electron chi connectivity index (χ2n) is 3.44. The third-order valence-corrected chi connectivity index (χ3v) is 2.23. The van der Waals surface area contributed by atoms with Gasteiger partial charge in [-0.1, -0.05) is 12.1 Å². The molecule has 92 valence electrons. The number of hydrogen-bond acceptors (Lipinski definition) is 1. The monoisotopic (exact) mass is 245 g/mol. The fourth-order valence-corrected chi connectivity index (χ4v) is 1.38. The van der Waals surface area contributed by atoms with E-state index < -0.39 is 23.6 Å². The first-order valence-electron chi connectivity index (χ1n) is 4.88. The van der Waals surface area contributed by atoms with Gasteiger partial charge in [0.25, 0.3) is 0 Å². The van der Waals surface area contributed by atoms with Crippen LogP contribution in [-0.2, 0) is 6.18 Å². The van der Waals surface area contributed by atoms with E-state index in [1.54, 1.807) is 6.92 Å². The molecule has 1 atom stereocenters. The lowest BCUT2D eigenvalue weighted by Gasteiger charge is -2.14. The molecule has 0 fully saturated rings. The highest BCUT2D eigenvalue weighted by Gasteiger charge is 2.35. The van der Waals surface area contributed by atoms with Crippen LogP contribution in [0.2, 0.25) is 0 Å². The minimum atomic E-state index is -4.71. The maximum atomic E-state index is 13.6. The van der Waals surface area contributed by atoms with E-state index in [9.17, 15) is 17.6 Å². The Morgan fingerprint density at radius 2 is 2.00 bits per heavy atom. The van der Waals surface area contributed by atoms with E-state index >= 15 is 0 Å². The van der Waals surface area contributed by atoms with Crippen molar-refractivity contribution < 1.29 is 17.6 Å². The molecule has 0 heterocycles. The molecule has 0 saturated carbocycles. The molecule has 1 nitrogen and oxygen atoms in total. The van der Waals surface area contributed by atoms with Crippen LogP contribution in [0.5, 0.6) is 0 Å². The molecule has 0 bridgehead atoms. The van der Waals surface area contributed by atoms with E-state index in [1.807, 2.05) is 0 Å². The van der Waals surface area contributed by atoms with E-state index in [2.05, 4.69) is 11.8 Å². The van der Waals surface area contributed by atoms with Crippen LogP contribution < -0.4 is 5.73 Å². The predicted octanol–water partition coefficient (Wildman–Crippen LogP) is 3.26. The third kappa shape index (κ3) is 3.21. The van der Waals surface area contributed by atoms with Crippen LogP contribution in [0.25, 0.3) is 0 Å². The molecular weight excluding hydrogens is 234 g/mol. The van der Waals surface area contributed by atoms with Crippen molar-refractivity contribution in [1.29, 1.82) is 0 Å². The van der Waals surface area contributed by atoms with Crippen molar-refractivity contribution in [3.8, 4) is 11.8 Å². The van der Waals surface area contributed by atoms with E-state index in [0.29, 0.717) is 6.07 Å². The van der Waals surface area contributed by atoms with Crippen molar-refractivity contribution in [1.82, 2.24) is 0 Å². The normalized spacial score (nSPS) is 12.8. The number of rotatable bonds is 2. The van der Waals surface area contributed by atoms with Gasteiger partial charge in [-0.2, -0.15) is 13.2 Å². The summed E-state index contributed by atoms with van der Waals surface area (Å²) in [5.74, 6) is 3.85. The molecule has 0 aliphatic carbocycles. The molecule has 0 aromatic heterocycles. The van der Waals surface area contributed by atoms with Gasteiger partial charge in [-0.15, -0.1) is 11.8 Å². The summed E-state index contributed by atoms with van der Waals surface area (Å²) in [6, 6.07) is 2.22. The largest absolute Gasteiger partial charge is 0.419 e. The van der Waals surface area contributed by atoms with Gasteiger partial charge in [-0.3, -0.25) is 0 Å². The smallest absolute Gasteiger partial charge is 0.323 e. The topological polar surface area (TPSA) is 26.0 Å². The van der Waals surface area contributed by atoms with Crippen molar-refractivity contribution in [2.24, 2.45) is 5.73 Å². The fraction of sp³-hybridized carbons (Fsp3) is 0.333. The summed E-state index contributed by atoms with van der Waals surface area (Å²) in [6.07, 6.45) is -4.59. The average molecular weight is 245 g/mol. The molecule has 0 spiro atoms. The Balaban J connectivity index is 3.13. The number of hydrogen-bond donors (Lipinski definition) is 1. The van der Waals surface area contributed by atoms with E-state index in [1.165, 1.54) is 6.07 Å². The van der Waals surface area contributed by atoms with Gasteiger partial charge in [-0.25, -0.2) is 4.39 Å². The SMILES string of the molecule is CC#CCC(N)c1cccc(C(F)(F)F)c1F. The van der Waals surface area contributed by atoms with Crippen LogP contribution in [0, 0.1) is 17.7 Å². The Kier molecular flexibility index (Phi) is 4.13. The lowest BCUT2D eigenvalue weighted by atomic mass is 10.0. The predicted molar refractivity (Wildman–Crippen MR) is 56.4 cm³/mol. The molecule has 0 amide bonds. The minimum absolute atomic E-state index is 0.120. The summed E-state index contributed by atoms with van der Waals surface area (Å²) in [6.45, 7) is 1.58. The van der Waals surface area contributed by atoms with Crippen LogP contribution in [0.3, 0.4) is 0 Å². The molecule has 1 unspecified atom stereocenters. The molecule has 1 aromatic rings. The number of halogens is 4. The zero-order valence-corrected chi connectivity index (χ0v) is 9.11. The van der Waals surface area contributed by atoms with Crippen molar-refractivity contribution in [3.63, 3.8) is 0 Å². The Hall–Kier alpha value is -1.54. The van der Waals surface area contributed by atoms with Crippen LogP contribution in [0.15, 0.2) is 18.2 Å². The highest BCUT2D eigenvalue weighted by Crippen LogP contribution is 2.33. The maximum Gasteiger partial charge on any atom is 0.419 e. The molecule has 1 rings (SSSR count). The van der Waals surface area contributed by atoms with Gasteiger partial charge in [0.1, 0.15) is 5.82 Å². The Morgan fingerprint density at radius 3 is 2.53 bits per heavy atom. The lowest BCUT2D eigenvalue weighted by molar-refractivity contribution is -0.140. The van der Waals surface area contributed by atoms with Gasteiger partial charge in [0, 0.05) is 18.0 Å². The van der Waals surface area contributed by atoms with Gasteiger partial charge >= 0.3 is 6.18 Å². The van der Waals surface area contributed by atoms with E-state index in [0.717, 1.165) is 6.07 Å². The summed E-state index contributed by atoms with van der Waals surface area (Å²) in [4.78, 5) is 0. The summed E-state index contributed by atoms with van der Waals surface area (Å²) < 4.78 is 50.9. The molecule has 0 aliphatic rings. The van der Waals surface area contributed by atoms with E-state index in [-0.39, 0.29) is 12.0 Å². The average Bonchev–Trinajstić information content (AvgIpc) is 2.24. The molecule has 0 radical (unpaired) electrons. The summed E-state index contributed by atoms with van der Waals surface area (Å²) in [7, 11) is 0. The van der Waals surface area contributed by atoms with Gasteiger partial charge in [0.15, 0.2) is 0 Å². The van der Waals surface area contributed by atoms with Crippen LogP contribution in [0.4, 0.5) is 17.6 Å². The standard InChI is InChI=1S/C12H11F4N/c1-2-3-7-10(17)8-5-4-6-9(11(8)13)12(14,15)16/h4-6,10H,7,17H2,1H3. The molecule has 5 heteroatoms. The Morgan fingerprint density at radius 1 is 1.35 bits per heavy atom. The highest BCUT2D eigenvalue weighted by molar-refractivity contribution is 5.30. The summed E-state index contributed by atoms with van der Waals surface area (Å²) >= 11 is 0. The summed E-state index contributed by atoms with van der Waals surface area (Å²) in [5, 5.41) is 0. The minimum Gasteiger partial charge on any atom is -0.323 e. The zero-order valence-electron chi connectivity index (χ0n) is 9.11. The maximum absolute atomic E-state index is 13.6. The van der Waals surface area contributed by atoms with Gasteiger partial charge in [0.05, 0.1) is 5.56 Å². The highest BCUT2D eigenvalue weighted by atomic mass is 19.4. The molecule has 2 N–H and O–H groups in total. The second-order valence-corrected chi connectivity index (χ2v) is 3.44. The van der Waals surface area contributed by atoms with Crippen molar-refractivity contribution in [2.45, 2.75) is 25.6 Å². The second kappa shape index (κ2) is 5.19. The van der Waals surface area contributed by atoms with Crippen LogP contribution in [0.1, 0.15) is 30.5 Å². The van der Waals surface area contributed by atoms with Crippen molar-refractivity contribution in [3.05, 3.63) is 35.1 Å². The molecule has 0 saturated heterocycles. The molecular formula is C12H11F4N. The third-order valence-electron chi connectivity index (χ3n) is 2.23. The molecule has 0 aliphatic heterocycles. The van der Waals surface area contributed by atoms with E-state index in [4.69, 9.17) is 5.73 Å². The first kappa shape index (κ1) is 13.5. The first-order chi connectivity index (χ1) is 7.88. The number of alkyl halides is 3. The quantitative estimate of drug-likeness (QED) is 0.628. The van der Waals surface area contributed by atoms with Crippen molar-refractivity contribution >= 4 is 0 Å². The zero-order chi connectivity index (χ0) is 13.1. The van der Waals surface area contributed by atoms with Gasteiger partial charge < -0.3 is 5.73 Å². The number of benzene rings is 1. The van der Waals surface area contributed by atoms with Crippen molar-refractivity contribution in [2.75, 3.05) is 0 Å². The Bertz CT molecular complexity index is 454. The van der Waals surface area contributed by atoms with Crippen LogP contribution in [-0.4, -0.2) is 0 Å². The first-order valence-corrected chi connectivity index (χ1v) is 4.88. The summed E-state index contributed by atoms with van der Waals surface area (Å²) in [5.41, 5.74) is 4.12. The Labute approximate surface area is 96.6 Å². The number of nitrogens with two attached hydrogens (primary N) is 1. The fourth-order valence-electron chi connectivity index (χ4n) is 1.38. The van der Waals surface area contributed by atoms with Gasteiger partial charge in [0.2, 0.25) is 0 Å². The van der Waals surface area contributed by atoms with Crippen LogP contribution >= 0.6 is 0 Å². The van der Waals surface area contributed by atoms with Gasteiger partial charge in [-0.05, 0) is 13.0 Å². The lowest BCUT2D eigenvalue weighted by Crippen LogP contribution is -2.16. The molecule has 17 heavy (non-hydrogen) atoms.